The third kappa shape index (κ3) is 5.77. The second-order valence-electron chi connectivity index (χ2n) is 9.95. The van der Waals surface area contributed by atoms with Crippen LogP contribution in [0.1, 0.15) is 55.8 Å². The zero-order chi connectivity index (χ0) is 30.7. The molecule has 1 aliphatic heterocycles. The SMILES string of the molecule is CN=C(N)NCc1c(CCCCO)cc2c(c1O)C(=O)c1c(O[C@H]3O[C@H](CO)[C@@H](O)[C@H](O)[C@H]3O)cc(OC)cc1C2=O. The summed E-state index contributed by atoms with van der Waals surface area (Å²) >= 11 is 0. The van der Waals surface area contributed by atoms with Crippen molar-refractivity contribution in [2.24, 2.45) is 10.7 Å². The Kier molecular flexibility index (Phi) is 9.66. The van der Waals surface area contributed by atoms with E-state index in [1.165, 1.54) is 32.4 Å². The summed E-state index contributed by atoms with van der Waals surface area (Å²) in [5.41, 5.74) is 5.99. The van der Waals surface area contributed by atoms with Gasteiger partial charge in [-0.2, -0.15) is 0 Å². The minimum absolute atomic E-state index is 0.0120. The minimum atomic E-state index is -1.79. The van der Waals surface area contributed by atoms with Gasteiger partial charge in [-0.15, -0.1) is 0 Å². The van der Waals surface area contributed by atoms with Crippen molar-refractivity contribution in [2.75, 3.05) is 27.4 Å². The normalized spacial score (nSPS) is 23.8. The zero-order valence-corrected chi connectivity index (χ0v) is 23.1. The number of aromatic hydroxyl groups is 1. The molecule has 14 nitrogen and oxygen atoms in total. The van der Waals surface area contributed by atoms with Crippen LogP contribution in [0.5, 0.6) is 17.2 Å². The number of aliphatic hydroxyl groups excluding tert-OH is 5. The number of nitrogens with one attached hydrogen (secondary N) is 1. The highest BCUT2D eigenvalue weighted by Gasteiger charge is 2.46. The summed E-state index contributed by atoms with van der Waals surface area (Å²) < 4.78 is 16.5. The molecule has 1 heterocycles. The molecule has 1 saturated heterocycles. The highest BCUT2D eigenvalue weighted by Crippen LogP contribution is 2.42. The Morgan fingerprint density at radius 1 is 1.02 bits per heavy atom. The third-order valence-corrected chi connectivity index (χ3v) is 7.39. The Hall–Kier alpha value is -3.79. The fourth-order valence-corrected chi connectivity index (χ4v) is 5.05. The average molecular weight is 590 g/mol. The number of ketones is 2. The Labute approximate surface area is 241 Å². The first-order valence-electron chi connectivity index (χ1n) is 13.3. The van der Waals surface area contributed by atoms with Gasteiger partial charge in [0.25, 0.3) is 0 Å². The fraction of sp³-hybridized carbons (Fsp3) is 0.464. The molecule has 14 heteroatoms. The van der Waals surface area contributed by atoms with Crippen molar-refractivity contribution in [2.45, 2.75) is 56.5 Å². The molecule has 228 valence electrons. The number of aryl methyl sites for hydroxylation is 1. The molecule has 0 unspecified atom stereocenters. The Balaban J connectivity index is 1.82. The molecule has 1 aliphatic carbocycles. The van der Waals surface area contributed by atoms with Crippen molar-refractivity contribution in [3.63, 3.8) is 0 Å². The molecule has 42 heavy (non-hydrogen) atoms. The molecule has 0 spiro atoms. The van der Waals surface area contributed by atoms with E-state index in [2.05, 4.69) is 10.3 Å². The van der Waals surface area contributed by atoms with Crippen molar-refractivity contribution in [3.8, 4) is 17.2 Å². The van der Waals surface area contributed by atoms with E-state index in [4.69, 9.17) is 19.9 Å². The number of hydrogen-bond donors (Lipinski definition) is 8. The summed E-state index contributed by atoms with van der Waals surface area (Å²) in [6, 6.07) is 4.15. The van der Waals surface area contributed by atoms with Crippen LogP contribution in [0.15, 0.2) is 23.2 Å². The molecule has 2 aromatic rings. The maximum absolute atomic E-state index is 14.0. The molecular weight excluding hydrogens is 554 g/mol. The number of phenols is 1. The van der Waals surface area contributed by atoms with E-state index >= 15 is 0 Å². The molecule has 2 aliphatic rings. The third-order valence-electron chi connectivity index (χ3n) is 7.39. The van der Waals surface area contributed by atoms with Crippen molar-refractivity contribution in [3.05, 3.63) is 51.6 Å². The lowest BCUT2D eigenvalue weighted by Crippen LogP contribution is -2.60. The quantitative estimate of drug-likeness (QED) is 0.0781. The number of aliphatic imine (C=N–C) groups is 1. The van der Waals surface area contributed by atoms with Crippen LogP contribution in [0, 0.1) is 0 Å². The van der Waals surface area contributed by atoms with Crippen molar-refractivity contribution in [1.29, 1.82) is 0 Å². The smallest absolute Gasteiger partial charge is 0.229 e. The van der Waals surface area contributed by atoms with Crippen LogP contribution in [-0.4, -0.2) is 106 Å². The standard InChI is InChI=1S/C28H35N3O11/c1-30-28(29)31-10-16-12(5-3-4-6-32)7-14-20(22(16)35)24(37)19-15(21(14)34)8-13(40-2)9-17(19)41-27-26(39)25(38)23(36)18(11-33)42-27/h7-9,18,23,25-27,32-33,35-36,38-39H,3-6,10-11H2,1-2H3,(H3,29,30,31)/t18-,23-,25+,26-,27+/m1/s1. The number of aliphatic hydroxyl groups is 5. The lowest BCUT2D eigenvalue weighted by Gasteiger charge is -2.39. The Morgan fingerprint density at radius 2 is 1.74 bits per heavy atom. The van der Waals surface area contributed by atoms with Gasteiger partial charge in [-0.25, -0.2) is 0 Å². The summed E-state index contributed by atoms with van der Waals surface area (Å²) in [5.74, 6) is -1.86. The van der Waals surface area contributed by atoms with Crippen LogP contribution in [-0.2, 0) is 17.7 Å². The summed E-state index contributed by atoms with van der Waals surface area (Å²) in [6.45, 7) is -0.756. The highest BCUT2D eigenvalue weighted by atomic mass is 16.7. The number of phenolic OH excluding ortho intramolecular Hbond substituents is 1. The molecular formula is C28H35N3O11. The van der Waals surface area contributed by atoms with Crippen LogP contribution < -0.4 is 20.5 Å². The van der Waals surface area contributed by atoms with E-state index in [1.54, 1.807) is 0 Å². The number of carbonyl (C=O) groups excluding carboxylic acids is 2. The molecule has 0 amide bonds. The number of carbonyl (C=O) groups is 2. The molecule has 5 atom stereocenters. The van der Waals surface area contributed by atoms with Crippen LogP contribution >= 0.6 is 0 Å². The van der Waals surface area contributed by atoms with Gasteiger partial charge in [-0.3, -0.25) is 14.6 Å². The molecule has 1 fully saturated rings. The lowest BCUT2D eigenvalue weighted by atomic mass is 9.80. The number of nitrogens with zero attached hydrogens (tertiary/aromatic N) is 1. The summed E-state index contributed by atoms with van der Waals surface area (Å²) in [6.07, 6.45) is -6.69. The molecule has 0 aromatic heterocycles. The van der Waals surface area contributed by atoms with E-state index in [1.807, 2.05) is 0 Å². The van der Waals surface area contributed by atoms with E-state index in [-0.39, 0.29) is 52.9 Å². The highest BCUT2D eigenvalue weighted by molar-refractivity contribution is 6.30. The van der Waals surface area contributed by atoms with Gasteiger partial charge in [0, 0.05) is 43.0 Å². The number of ether oxygens (including phenoxy) is 3. The second-order valence-corrected chi connectivity index (χ2v) is 9.95. The zero-order valence-electron chi connectivity index (χ0n) is 23.1. The van der Waals surface area contributed by atoms with E-state index in [0.717, 1.165) is 0 Å². The molecule has 0 radical (unpaired) electrons. The number of hydrogen-bond acceptors (Lipinski definition) is 12. The monoisotopic (exact) mass is 589 g/mol. The lowest BCUT2D eigenvalue weighted by molar-refractivity contribution is -0.277. The minimum Gasteiger partial charge on any atom is -0.507 e. The second kappa shape index (κ2) is 13.0. The van der Waals surface area contributed by atoms with Gasteiger partial charge in [-0.05, 0) is 37.0 Å². The van der Waals surface area contributed by atoms with Gasteiger partial charge in [0.05, 0.1) is 24.8 Å². The predicted octanol–water partition coefficient (Wildman–Crippen LogP) is -1.30. The van der Waals surface area contributed by atoms with E-state index < -0.39 is 54.6 Å². The predicted molar refractivity (Wildman–Crippen MR) is 147 cm³/mol. The first-order chi connectivity index (χ1) is 20.1. The van der Waals surface area contributed by atoms with Gasteiger partial charge >= 0.3 is 0 Å². The summed E-state index contributed by atoms with van der Waals surface area (Å²) in [4.78, 5) is 31.7. The Bertz CT molecular complexity index is 1380. The number of fused-ring (bicyclic) bond motifs is 2. The van der Waals surface area contributed by atoms with Crippen LogP contribution in [0.2, 0.25) is 0 Å². The maximum atomic E-state index is 14.0. The van der Waals surface area contributed by atoms with Gasteiger partial charge in [0.1, 0.15) is 41.7 Å². The largest absolute Gasteiger partial charge is 0.507 e. The van der Waals surface area contributed by atoms with E-state index in [0.29, 0.717) is 30.4 Å². The Morgan fingerprint density at radius 3 is 2.38 bits per heavy atom. The maximum Gasteiger partial charge on any atom is 0.229 e. The summed E-state index contributed by atoms with van der Waals surface area (Å²) in [7, 11) is 2.81. The van der Waals surface area contributed by atoms with Gasteiger partial charge in [-0.1, -0.05) is 0 Å². The van der Waals surface area contributed by atoms with Gasteiger partial charge in [0.15, 0.2) is 11.7 Å². The van der Waals surface area contributed by atoms with E-state index in [9.17, 15) is 40.2 Å². The number of nitrogens with two attached hydrogens (primary N) is 1. The van der Waals surface area contributed by atoms with Gasteiger partial charge < -0.3 is 55.9 Å². The number of guanidine groups is 1. The summed E-state index contributed by atoms with van der Waals surface area (Å²) in [5, 5.41) is 63.8. The molecule has 9 N–H and O–H groups in total. The van der Waals surface area contributed by atoms with Crippen molar-refractivity contribution in [1.82, 2.24) is 5.32 Å². The average Bonchev–Trinajstić information content (AvgIpc) is 2.98. The fourth-order valence-electron chi connectivity index (χ4n) is 5.05. The molecule has 2 aromatic carbocycles. The van der Waals surface area contributed by atoms with Crippen LogP contribution in [0.3, 0.4) is 0 Å². The molecule has 0 saturated carbocycles. The number of unbranched alkanes of at least 4 members (excludes halogenated alkanes) is 1. The molecule has 0 bridgehead atoms. The number of benzene rings is 2. The number of rotatable bonds is 10. The van der Waals surface area contributed by atoms with Crippen LogP contribution in [0.25, 0.3) is 0 Å². The first kappa shape index (κ1) is 31.2. The van der Waals surface area contributed by atoms with Gasteiger partial charge in [0.2, 0.25) is 12.1 Å². The van der Waals surface area contributed by atoms with Crippen molar-refractivity contribution >= 4 is 17.5 Å². The van der Waals surface area contributed by atoms with Crippen molar-refractivity contribution < 1.29 is 54.4 Å². The van der Waals surface area contributed by atoms with Crippen LogP contribution in [0.4, 0.5) is 0 Å². The topological polar surface area (TPSA) is 234 Å². The number of methoxy groups -OCH3 is 1. The molecule has 4 rings (SSSR count). The first-order valence-corrected chi connectivity index (χ1v) is 13.3.